The van der Waals surface area contributed by atoms with Crippen molar-refractivity contribution in [3.8, 4) is 17.3 Å². The zero-order valence-corrected chi connectivity index (χ0v) is 14.7. The predicted molar refractivity (Wildman–Crippen MR) is 102 cm³/mol. The zero-order chi connectivity index (χ0) is 20.3. The molecule has 0 atom stereocenters. The highest BCUT2D eigenvalue weighted by molar-refractivity contribution is 6.02. The molecular formula is C19H16N4O5. The summed E-state index contributed by atoms with van der Waals surface area (Å²) in [7, 11) is 0. The first-order valence-electron chi connectivity index (χ1n) is 8.17. The molecule has 2 aromatic carbocycles. The van der Waals surface area contributed by atoms with Crippen LogP contribution in [0.1, 0.15) is 22.8 Å². The highest BCUT2D eigenvalue weighted by Crippen LogP contribution is 2.17. The van der Waals surface area contributed by atoms with Crippen LogP contribution in [0.4, 0.5) is 0 Å². The van der Waals surface area contributed by atoms with Gasteiger partial charge in [-0.2, -0.15) is 5.10 Å². The fraction of sp³-hybridized carbons (Fsp3) is 0.0526. The van der Waals surface area contributed by atoms with Gasteiger partial charge in [0.15, 0.2) is 0 Å². The van der Waals surface area contributed by atoms with Gasteiger partial charge in [-0.3, -0.25) is 14.6 Å². The van der Waals surface area contributed by atoms with E-state index in [-0.39, 0.29) is 22.6 Å². The predicted octanol–water partition coefficient (Wildman–Crippen LogP) is 1.09. The minimum atomic E-state index is -0.854. The summed E-state index contributed by atoms with van der Waals surface area (Å²) in [5, 5.41) is 24.0. The van der Waals surface area contributed by atoms with Crippen molar-refractivity contribution in [2.24, 2.45) is 5.10 Å². The van der Waals surface area contributed by atoms with E-state index < -0.39 is 23.0 Å². The number of carbonyl (C=O) groups is 1. The van der Waals surface area contributed by atoms with Gasteiger partial charge in [0.1, 0.15) is 11.3 Å². The van der Waals surface area contributed by atoms with Gasteiger partial charge in [0.25, 0.3) is 11.5 Å². The Morgan fingerprint density at radius 2 is 1.68 bits per heavy atom. The van der Waals surface area contributed by atoms with Crippen LogP contribution in [0.5, 0.6) is 11.6 Å². The second-order valence-corrected chi connectivity index (χ2v) is 5.78. The molecule has 0 aliphatic carbocycles. The molecule has 0 fully saturated rings. The minimum absolute atomic E-state index is 0.00793. The van der Waals surface area contributed by atoms with Crippen LogP contribution in [-0.4, -0.2) is 31.4 Å². The lowest BCUT2D eigenvalue weighted by molar-refractivity contribution is 0.0952. The van der Waals surface area contributed by atoms with Crippen LogP contribution in [0.2, 0.25) is 0 Å². The number of hydrazone groups is 1. The van der Waals surface area contributed by atoms with E-state index in [1.165, 1.54) is 19.1 Å². The van der Waals surface area contributed by atoms with E-state index in [0.29, 0.717) is 5.69 Å². The maximum absolute atomic E-state index is 12.2. The average molecular weight is 380 g/mol. The molecule has 3 aromatic rings. The Labute approximate surface area is 158 Å². The monoisotopic (exact) mass is 380 g/mol. The van der Waals surface area contributed by atoms with E-state index >= 15 is 0 Å². The summed E-state index contributed by atoms with van der Waals surface area (Å²) in [6.07, 6.45) is 0. The van der Waals surface area contributed by atoms with Crippen molar-refractivity contribution in [2.75, 3.05) is 0 Å². The molecule has 9 heteroatoms. The summed E-state index contributed by atoms with van der Waals surface area (Å²) in [6, 6.07) is 14.1. The van der Waals surface area contributed by atoms with E-state index in [4.69, 9.17) is 0 Å². The van der Waals surface area contributed by atoms with E-state index in [0.717, 1.165) is 4.57 Å². The summed E-state index contributed by atoms with van der Waals surface area (Å²) in [5.74, 6) is -1.55. The number of H-pyrrole nitrogens is 1. The number of rotatable bonds is 4. The molecule has 1 heterocycles. The maximum atomic E-state index is 12.2. The molecule has 0 unspecified atom stereocenters. The number of para-hydroxylation sites is 2. The standard InChI is InChI=1S/C19H16N4O5/c1-11(21-22-16(25)13-9-5-6-10-14(13)24)15-17(26)20-19(28)23(18(15)27)12-7-3-2-4-8-12/h2-10,24,27H,1H3,(H,22,25)(H,20,26,28). The zero-order valence-electron chi connectivity index (χ0n) is 14.7. The number of hydrogen-bond donors (Lipinski definition) is 4. The van der Waals surface area contributed by atoms with Gasteiger partial charge in [-0.1, -0.05) is 30.3 Å². The highest BCUT2D eigenvalue weighted by Gasteiger charge is 2.18. The second kappa shape index (κ2) is 7.62. The molecule has 28 heavy (non-hydrogen) atoms. The van der Waals surface area contributed by atoms with Crippen molar-refractivity contribution in [1.29, 1.82) is 0 Å². The van der Waals surface area contributed by atoms with E-state index in [2.05, 4.69) is 15.5 Å². The number of hydrogen-bond acceptors (Lipinski definition) is 6. The number of amides is 1. The lowest BCUT2D eigenvalue weighted by Gasteiger charge is -2.11. The number of nitrogens with zero attached hydrogens (tertiary/aromatic N) is 2. The molecule has 1 aromatic heterocycles. The lowest BCUT2D eigenvalue weighted by Crippen LogP contribution is -2.33. The molecule has 0 aliphatic heterocycles. The second-order valence-electron chi connectivity index (χ2n) is 5.78. The average Bonchev–Trinajstić information content (AvgIpc) is 2.67. The largest absolute Gasteiger partial charge is 0.507 e. The van der Waals surface area contributed by atoms with Gasteiger partial charge in [-0.15, -0.1) is 0 Å². The SMILES string of the molecule is CC(=NNC(=O)c1ccccc1O)c1c(O)n(-c2ccccc2)c(=O)[nH]c1=O. The molecule has 3 rings (SSSR count). The van der Waals surface area contributed by atoms with Crippen LogP contribution in [0, 0.1) is 0 Å². The third-order valence-electron chi connectivity index (χ3n) is 3.94. The molecule has 1 amide bonds. The Morgan fingerprint density at radius 3 is 2.36 bits per heavy atom. The Morgan fingerprint density at radius 1 is 1.04 bits per heavy atom. The van der Waals surface area contributed by atoms with Gasteiger partial charge in [0.2, 0.25) is 5.88 Å². The topological polar surface area (TPSA) is 137 Å². The summed E-state index contributed by atoms with van der Waals surface area (Å²) in [5.41, 5.74) is 0.555. The number of aromatic amines is 1. The molecular weight excluding hydrogens is 364 g/mol. The van der Waals surface area contributed by atoms with Crippen LogP contribution in [0.25, 0.3) is 5.69 Å². The molecule has 0 radical (unpaired) electrons. The number of aromatic hydroxyl groups is 2. The summed E-state index contributed by atoms with van der Waals surface area (Å²) in [4.78, 5) is 38.6. The number of aromatic nitrogens is 2. The van der Waals surface area contributed by atoms with Gasteiger partial charge in [-0.25, -0.2) is 14.8 Å². The lowest BCUT2D eigenvalue weighted by atomic mass is 10.2. The van der Waals surface area contributed by atoms with Gasteiger partial charge < -0.3 is 10.2 Å². The number of carbonyl (C=O) groups excluding carboxylic acids is 1. The molecule has 0 spiro atoms. The van der Waals surface area contributed by atoms with Crippen LogP contribution in [-0.2, 0) is 0 Å². The smallest absolute Gasteiger partial charge is 0.335 e. The van der Waals surface area contributed by atoms with E-state index in [1.54, 1.807) is 42.5 Å². The van der Waals surface area contributed by atoms with Crippen molar-refractivity contribution >= 4 is 11.6 Å². The Kier molecular flexibility index (Phi) is 5.07. The van der Waals surface area contributed by atoms with Gasteiger partial charge in [0.05, 0.1) is 17.0 Å². The first kappa shape index (κ1) is 18.6. The maximum Gasteiger partial charge on any atom is 0.335 e. The van der Waals surface area contributed by atoms with Crippen molar-refractivity contribution in [2.45, 2.75) is 6.92 Å². The third kappa shape index (κ3) is 3.54. The first-order chi connectivity index (χ1) is 13.4. The van der Waals surface area contributed by atoms with Crippen LogP contribution in [0.15, 0.2) is 69.3 Å². The van der Waals surface area contributed by atoms with Crippen molar-refractivity contribution in [3.05, 3.63) is 86.6 Å². The Balaban J connectivity index is 2.00. The molecule has 0 bridgehead atoms. The molecule has 9 nitrogen and oxygen atoms in total. The fourth-order valence-corrected chi connectivity index (χ4v) is 2.58. The van der Waals surface area contributed by atoms with Crippen molar-refractivity contribution in [1.82, 2.24) is 15.0 Å². The molecule has 0 saturated heterocycles. The molecule has 0 saturated carbocycles. The van der Waals surface area contributed by atoms with Gasteiger partial charge >= 0.3 is 5.69 Å². The number of nitrogens with one attached hydrogen (secondary N) is 2. The summed E-state index contributed by atoms with van der Waals surface area (Å²) < 4.78 is 0.917. The fourth-order valence-electron chi connectivity index (χ4n) is 2.58. The van der Waals surface area contributed by atoms with E-state index in [1.807, 2.05) is 0 Å². The number of phenolic OH excluding ortho intramolecular Hbond substituents is 1. The van der Waals surface area contributed by atoms with Crippen LogP contribution in [0.3, 0.4) is 0 Å². The summed E-state index contributed by atoms with van der Waals surface area (Å²) >= 11 is 0. The van der Waals surface area contributed by atoms with Crippen LogP contribution < -0.4 is 16.7 Å². The molecule has 4 N–H and O–H groups in total. The van der Waals surface area contributed by atoms with Gasteiger partial charge in [-0.05, 0) is 31.2 Å². The summed E-state index contributed by atoms with van der Waals surface area (Å²) in [6.45, 7) is 1.38. The first-order valence-corrected chi connectivity index (χ1v) is 8.17. The Hall–Kier alpha value is -4.14. The molecule has 142 valence electrons. The quantitative estimate of drug-likeness (QED) is 0.397. The molecule has 0 aliphatic rings. The normalized spacial score (nSPS) is 11.2. The van der Waals surface area contributed by atoms with Gasteiger partial charge in [0, 0.05) is 0 Å². The number of benzene rings is 2. The third-order valence-corrected chi connectivity index (χ3v) is 3.94. The highest BCUT2D eigenvalue weighted by atomic mass is 16.3. The number of phenols is 1. The van der Waals surface area contributed by atoms with Crippen molar-refractivity contribution in [3.63, 3.8) is 0 Å². The minimum Gasteiger partial charge on any atom is -0.507 e. The van der Waals surface area contributed by atoms with Crippen molar-refractivity contribution < 1.29 is 15.0 Å². The van der Waals surface area contributed by atoms with Crippen LogP contribution >= 0.6 is 0 Å². The van der Waals surface area contributed by atoms with E-state index in [9.17, 15) is 24.6 Å². The Bertz CT molecular complexity index is 1180.